The smallest absolute Gasteiger partial charge is 0.309 e. The number of alkyl halides is 2. The third-order valence-electron chi connectivity index (χ3n) is 1.68. The lowest BCUT2D eigenvalue weighted by Gasteiger charge is -2.03. The summed E-state index contributed by atoms with van der Waals surface area (Å²) in [5, 5.41) is 17.1. The van der Waals surface area contributed by atoms with E-state index in [0.717, 1.165) is 12.3 Å². The zero-order valence-corrected chi connectivity index (χ0v) is 7.44. The molecule has 1 aromatic rings. The van der Waals surface area contributed by atoms with Crippen LogP contribution in [0.2, 0.25) is 0 Å². The fourth-order valence-corrected chi connectivity index (χ4v) is 1.01. The number of carboxylic acids is 1. The number of nitriles is 1. The summed E-state index contributed by atoms with van der Waals surface area (Å²) in [6.07, 6.45) is -2.29. The predicted molar refractivity (Wildman–Crippen MR) is 45.2 cm³/mol. The van der Waals surface area contributed by atoms with E-state index >= 15 is 0 Å². The van der Waals surface area contributed by atoms with Gasteiger partial charge in [0.25, 0.3) is 6.43 Å². The van der Waals surface area contributed by atoms with Crippen molar-refractivity contribution in [2.75, 3.05) is 0 Å². The number of aromatic nitrogens is 1. The van der Waals surface area contributed by atoms with E-state index in [1.807, 2.05) is 0 Å². The van der Waals surface area contributed by atoms with Gasteiger partial charge in [-0.15, -0.1) is 0 Å². The van der Waals surface area contributed by atoms with E-state index in [-0.39, 0.29) is 16.8 Å². The molecule has 4 nitrogen and oxygen atoms in total. The van der Waals surface area contributed by atoms with Crippen LogP contribution in [0.3, 0.4) is 0 Å². The van der Waals surface area contributed by atoms with Crippen molar-refractivity contribution < 1.29 is 18.7 Å². The number of hydrogen-bond acceptors (Lipinski definition) is 3. The van der Waals surface area contributed by atoms with E-state index in [0.29, 0.717) is 0 Å². The van der Waals surface area contributed by atoms with Crippen LogP contribution in [0.1, 0.15) is 23.2 Å². The summed E-state index contributed by atoms with van der Waals surface area (Å²) in [6.45, 7) is 0. The molecule has 0 spiro atoms. The first kappa shape index (κ1) is 11.0. The molecule has 0 aliphatic heterocycles. The van der Waals surface area contributed by atoms with Gasteiger partial charge in [-0.2, -0.15) is 5.26 Å². The molecule has 0 saturated heterocycles. The van der Waals surface area contributed by atoms with E-state index in [9.17, 15) is 13.6 Å². The summed E-state index contributed by atoms with van der Waals surface area (Å²) in [6, 6.07) is 2.59. The van der Waals surface area contributed by atoms with Crippen LogP contribution in [0.15, 0.2) is 12.3 Å². The Labute approximate surface area is 83.8 Å². The van der Waals surface area contributed by atoms with Gasteiger partial charge < -0.3 is 5.11 Å². The average molecular weight is 212 g/mol. The maximum atomic E-state index is 12.2. The molecule has 0 radical (unpaired) electrons. The second kappa shape index (κ2) is 4.46. The quantitative estimate of drug-likeness (QED) is 0.824. The summed E-state index contributed by atoms with van der Waals surface area (Å²) in [5.74, 6) is -1.16. The molecular formula is C9H6F2N2O2. The molecule has 0 atom stereocenters. The van der Waals surface area contributed by atoms with Gasteiger partial charge in [0.15, 0.2) is 0 Å². The van der Waals surface area contributed by atoms with Crippen molar-refractivity contribution in [3.8, 4) is 6.07 Å². The van der Waals surface area contributed by atoms with Crippen LogP contribution in [0.4, 0.5) is 8.78 Å². The third kappa shape index (κ3) is 2.71. The van der Waals surface area contributed by atoms with Gasteiger partial charge in [-0.25, -0.2) is 8.78 Å². The number of nitrogens with zero attached hydrogens (tertiary/aromatic N) is 2. The second-order valence-electron chi connectivity index (χ2n) is 2.75. The highest BCUT2D eigenvalue weighted by Gasteiger charge is 2.13. The molecule has 0 saturated carbocycles. The number of carboxylic acid groups (broad SMARTS) is 1. The number of carbonyl (C=O) groups is 1. The van der Waals surface area contributed by atoms with E-state index in [1.54, 1.807) is 6.07 Å². The fraction of sp³-hybridized carbons (Fsp3) is 0.222. The maximum absolute atomic E-state index is 12.2. The van der Waals surface area contributed by atoms with Gasteiger partial charge in [-0.1, -0.05) is 0 Å². The lowest BCUT2D eigenvalue weighted by Crippen LogP contribution is -2.05. The third-order valence-corrected chi connectivity index (χ3v) is 1.68. The summed E-state index contributed by atoms with van der Waals surface area (Å²) in [5.41, 5.74) is -0.523. The van der Waals surface area contributed by atoms with Crippen molar-refractivity contribution in [3.05, 3.63) is 29.1 Å². The Morgan fingerprint density at radius 1 is 1.67 bits per heavy atom. The predicted octanol–water partition coefficient (Wildman–Crippen LogP) is 1.52. The van der Waals surface area contributed by atoms with E-state index in [2.05, 4.69) is 4.98 Å². The van der Waals surface area contributed by atoms with Crippen LogP contribution in [-0.2, 0) is 11.2 Å². The van der Waals surface area contributed by atoms with Crippen LogP contribution in [0, 0.1) is 11.3 Å². The molecule has 0 aliphatic carbocycles. The van der Waals surface area contributed by atoms with Crippen LogP contribution in [-0.4, -0.2) is 16.1 Å². The Morgan fingerprint density at radius 3 is 2.80 bits per heavy atom. The molecule has 0 aliphatic rings. The van der Waals surface area contributed by atoms with Crippen LogP contribution < -0.4 is 0 Å². The summed E-state index contributed by atoms with van der Waals surface area (Å²) < 4.78 is 24.4. The molecule has 0 fully saturated rings. The van der Waals surface area contributed by atoms with Gasteiger partial charge in [0.05, 0.1) is 17.7 Å². The Balaban J connectivity index is 3.10. The first-order valence-electron chi connectivity index (χ1n) is 3.93. The lowest BCUT2D eigenvalue weighted by molar-refractivity contribution is -0.136. The SMILES string of the molecule is N#Cc1cc(C(F)F)cnc1CC(=O)O. The Kier molecular flexibility index (Phi) is 3.29. The molecule has 0 unspecified atom stereocenters. The van der Waals surface area contributed by atoms with E-state index in [4.69, 9.17) is 10.4 Å². The van der Waals surface area contributed by atoms with Gasteiger partial charge in [-0.05, 0) is 6.07 Å². The molecule has 1 aromatic heterocycles. The molecule has 1 N–H and O–H groups in total. The highest BCUT2D eigenvalue weighted by atomic mass is 19.3. The number of rotatable bonds is 3. The molecule has 78 valence electrons. The molecule has 6 heteroatoms. The summed E-state index contributed by atoms with van der Waals surface area (Å²) in [4.78, 5) is 13.9. The van der Waals surface area contributed by atoms with E-state index in [1.165, 1.54) is 0 Å². The van der Waals surface area contributed by atoms with E-state index < -0.39 is 18.8 Å². The standard InChI is InChI=1S/C9H6F2N2O2/c10-9(11)6-1-5(3-12)7(13-4-6)2-8(14)15/h1,4,9H,2H2,(H,14,15). The molecule has 0 amide bonds. The Bertz CT molecular complexity index is 427. The molecule has 1 heterocycles. The number of halogens is 2. The minimum Gasteiger partial charge on any atom is -0.481 e. The highest BCUT2D eigenvalue weighted by Crippen LogP contribution is 2.19. The van der Waals surface area contributed by atoms with Gasteiger partial charge >= 0.3 is 5.97 Å². The molecular weight excluding hydrogens is 206 g/mol. The first-order valence-corrected chi connectivity index (χ1v) is 3.93. The zero-order valence-electron chi connectivity index (χ0n) is 7.44. The van der Waals surface area contributed by atoms with Crippen LogP contribution in [0.5, 0.6) is 0 Å². The van der Waals surface area contributed by atoms with Gasteiger partial charge in [0.1, 0.15) is 6.07 Å². The van der Waals surface area contributed by atoms with Crippen molar-refractivity contribution in [2.24, 2.45) is 0 Å². The topological polar surface area (TPSA) is 74.0 Å². The normalized spacial score (nSPS) is 10.0. The molecule has 0 aromatic carbocycles. The van der Waals surface area contributed by atoms with Crippen molar-refractivity contribution in [2.45, 2.75) is 12.8 Å². The lowest BCUT2D eigenvalue weighted by atomic mass is 10.1. The monoisotopic (exact) mass is 212 g/mol. The minimum absolute atomic E-state index is 0.00519. The number of hydrogen-bond donors (Lipinski definition) is 1. The average Bonchev–Trinajstić information content (AvgIpc) is 2.17. The number of aliphatic carboxylic acids is 1. The van der Waals surface area contributed by atoms with Gasteiger partial charge in [0.2, 0.25) is 0 Å². The summed E-state index contributed by atoms with van der Waals surface area (Å²) in [7, 11) is 0. The maximum Gasteiger partial charge on any atom is 0.309 e. The summed E-state index contributed by atoms with van der Waals surface area (Å²) >= 11 is 0. The van der Waals surface area contributed by atoms with Crippen LogP contribution in [0.25, 0.3) is 0 Å². The van der Waals surface area contributed by atoms with Crippen molar-refractivity contribution in [3.63, 3.8) is 0 Å². The first-order chi connectivity index (χ1) is 7.04. The zero-order chi connectivity index (χ0) is 11.4. The molecule has 15 heavy (non-hydrogen) atoms. The van der Waals surface area contributed by atoms with Gasteiger partial charge in [0, 0.05) is 11.8 Å². The largest absolute Gasteiger partial charge is 0.481 e. The van der Waals surface area contributed by atoms with Crippen molar-refractivity contribution >= 4 is 5.97 Å². The van der Waals surface area contributed by atoms with Crippen molar-refractivity contribution in [1.82, 2.24) is 4.98 Å². The van der Waals surface area contributed by atoms with Crippen LogP contribution >= 0.6 is 0 Å². The molecule has 0 bridgehead atoms. The molecule has 1 rings (SSSR count). The number of pyridine rings is 1. The fourth-order valence-electron chi connectivity index (χ4n) is 1.01. The Hall–Kier alpha value is -2.03. The highest BCUT2D eigenvalue weighted by molar-refractivity contribution is 5.70. The van der Waals surface area contributed by atoms with Crippen molar-refractivity contribution in [1.29, 1.82) is 5.26 Å². The minimum atomic E-state index is -2.72. The second-order valence-corrected chi connectivity index (χ2v) is 2.75. The van der Waals surface area contributed by atoms with Gasteiger partial charge in [-0.3, -0.25) is 9.78 Å². The Morgan fingerprint density at radius 2 is 2.33 bits per heavy atom.